The molecule has 1 aliphatic rings. The predicted octanol–water partition coefficient (Wildman–Crippen LogP) is 2.32. The third kappa shape index (κ3) is 3.34. The molecule has 1 fully saturated rings. The van der Waals surface area contributed by atoms with Crippen LogP contribution in [0.25, 0.3) is 0 Å². The van der Waals surface area contributed by atoms with Gasteiger partial charge < -0.3 is 14.4 Å². The minimum atomic E-state index is -0.953. The third-order valence-electron chi connectivity index (χ3n) is 3.41. The first kappa shape index (κ1) is 15.8. The summed E-state index contributed by atoms with van der Waals surface area (Å²) in [4.78, 5) is 27.0. The smallest absolute Gasteiger partial charge is 0.327 e. The zero-order valence-electron chi connectivity index (χ0n) is 12.4. The van der Waals surface area contributed by atoms with Crippen molar-refractivity contribution >= 4 is 23.8 Å². The number of aliphatic carboxylic acids is 1. The molecule has 0 radical (unpaired) electrons. The number of amides is 2. The molecular weight excluding hydrogens is 292 g/mol. The highest BCUT2D eigenvalue weighted by Crippen LogP contribution is 2.34. The van der Waals surface area contributed by atoms with Crippen molar-refractivity contribution in [1.82, 2.24) is 9.80 Å². The van der Waals surface area contributed by atoms with Crippen LogP contribution in [0.4, 0.5) is 4.79 Å². The fraction of sp³-hybridized carbons (Fsp3) is 0.571. The van der Waals surface area contributed by atoms with Gasteiger partial charge in [0.25, 0.3) is 0 Å². The molecule has 1 aromatic rings. The lowest BCUT2D eigenvalue weighted by atomic mass is 10.1. The van der Waals surface area contributed by atoms with Gasteiger partial charge in [-0.1, -0.05) is 13.8 Å². The Bertz CT molecular complexity index is 503. The quantitative estimate of drug-likeness (QED) is 0.923. The number of rotatable bonds is 4. The lowest BCUT2D eigenvalue weighted by Gasteiger charge is -2.33. The Labute approximate surface area is 128 Å². The molecule has 1 aromatic heterocycles. The van der Waals surface area contributed by atoms with Crippen LogP contribution in [-0.4, -0.2) is 51.1 Å². The van der Waals surface area contributed by atoms with Crippen LogP contribution in [0, 0.1) is 5.92 Å². The normalized spacial score (nSPS) is 21.8. The second kappa shape index (κ2) is 6.43. The summed E-state index contributed by atoms with van der Waals surface area (Å²) in [6, 6.07) is 2.50. The minimum absolute atomic E-state index is 0.113. The zero-order valence-corrected chi connectivity index (χ0v) is 13.2. The highest BCUT2D eigenvalue weighted by atomic mass is 32.2. The van der Waals surface area contributed by atoms with Gasteiger partial charge in [-0.3, -0.25) is 4.90 Å². The predicted molar refractivity (Wildman–Crippen MR) is 79.9 cm³/mol. The van der Waals surface area contributed by atoms with Gasteiger partial charge in [-0.25, -0.2) is 9.59 Å². The van der Waals surface area contributed by atoms with Crippen molar-refractivity contribution < 1.29 is 19.1 Å². The van der Waals surface area contributed by atoms with Gasteiger partial charge in [0.15, 0.2) is 0 Å². The van der Waals surface area contributed by atoms with Crippen LogP contribution in [0.5, 0.6) is 0 Å². The highest BCUT2D eigenvalue weighted by molar-refractivity contribution is 8.00. The van der Waals surface area contributed by atoms with Crippen molar-refractivity contribution in [2.45, 2.75) is 31.8 Å². The maximum Gasteiger partial charge on any atom is 0.327 e. The van der Waals surface area contributed by atoms with Gasteiger partial charge in [-0.2, -0.15) is 0 Å². The van der Waals surface area contributed by atoms with Crippen LogP contribution in [0.1, 0.15) is 19.6 Å². The number of urea groups is 1. The summed E-state index contributed by atoms with van der Waals surface area (Å²) in [5, 5.41) is 9.21. The van der Waals surface area contributed by atoms with Gasteiger partial charge >= 0.3 is 12.0 Å². The van der Waals surface area contributed by atoms with E-state index < -0.39 is 12.0 Å². The molecule has 2 rings (SSSR count). The first-order valence-electron chi connectivity index (χ1n) is 6.82. The van der Waals surface area contributed by atoms with E-state index in [1.807, 2.05) is 13.8 Å². The summed E-state index contributed by atoms with van der Waals surface area (Å²) in [5.74, 6) is 0.342. The molecule has 116 valence electrons. The molecule has 0 spiro atoms. The topological polar surface area (TPSA) is 74.0 Å². The maximum absolute atomic E-state index is 12.6. The van der Waals surface area contributed by atoms with E-state index in [0.29, 0.717) is 18.1 Å². The molecule has 0 aromatic carbocycles. The molecule has 7 heteroatoms. The van der Waals surface area contributed by atoms with Crippen molar-refractivity contribution in [3.63, 3.8) is 0 Å². The fourth-order valence-electron chi connectivity index (χ4n) is 2.37. The third-order valence-corrected chi connectivity index (χ3v) is 5.03. The molecule has 1 aliphatic heterocycles. The monoisotopic (exact) mass is 312 g/mol. The summed E-state index contributed by atoms with van der Waals surface area (Å²) in [6.07, 6.45) is 1.55. The van der Waals surface area contributed by atoms with Crippen molar-refractivity contribution in [3.05, 3.63) is 24.2 Å². The Morgan fingerprint density at radius 3 is 2.81 bits per heavy atom. The Morgan fingerprint density at radius 2 is 2.29 bits per heavy atom. The fourth-order valence-corrected chi connectivity index (χ4v) is 3.84. The van der Waals surface area contributed by atoms with Gasteiger partial charge in [0.05, 0.1) is 18.2 Å². The first-order chi connectivity index (χ1) is 9.91. The first-order valence-corrected chi connectivity index (χ1v) is 7.87. The second-order valence-electron chi connectivity index (χ2n) is 5.45. The minimum Gasteiger partial charge on any atom is -0.480 e. The average Bonchev–Trinajstić information content (AvgIpc) is 3.05. The van der Waals surface area contributed by atoms with E-state index >= 15 is 0 Å². The number of carboxylic acids is 1. The highest BCUT2D eigenvalue weighted by Gasteiger charge is 2.43. The summed E-state index contributed by atoms with van der Waals surface area (Å²) < 4.78 is 5.23. The number of carboxylic acid groups (broad SMARTS) is 1. The van der Waals surface area contributed by atoms with Gasteiger partial charge in [0.2, 0.25) is 0 Å². The Hall–Kier alpha value is -1.63. The summed E-state index contributed by atoms with van der Waals surface area (Å²) >= 11 is 1.52. The molecule has 1 saturated heterocycles. The van der Waals surface area contributed by atoms with Gasteiger partial charge in [0.1, 0.15) is 11.8 Å². The summed E-state index contributed by atoms with van der Waals surface area (Å²) in [7, 11) is 1.66. The van der Waals surface area contributed by atoms with Gasteiger partial charge in [-0.05, 0) is 18.1 Å². The largest absolute Gasteiger partial charge is 0.480 e. The lowest BCUT2D eigenvalue weighted by Crippen LogP contribution is -2.51. The molecular formula is C14H20N2O4S. The van der Waals surface area contributed by atoms with Crippen molar-refractivity contribution in [3.8, 4) is 0 Å². The number of furan rings is 1. The molecule has 2 amide bonds. The summed E-state index contributed by atoms with van der Waals surface area (Å²) in [5.41, 5.74) is 0. The van der Waals surface area contributed by atoms with Crippen LogP contribution in [0.3, 0.4) is 0 Å². The molecule has 2 atom stereocenters. The van der Waals surface area contributed by atoms with Gasteiger partial charge in [-0.15, -0.1) is 11.8 Å². The number of hydrogen-bond acceptors (Lipinski definition) is 4. The van der Waals surface area contributed by atoms with E-state index in [1.54, 1.807) is 25.4 Å². The van der Waals surface area contributed by atoms with Crippen LogP contribution in [0.2, 0.25) is 0 Å². The molecule has 2 heterocycles. The van der Waals surface area contributed by atoms with E-state index in [0.717, 1.165) is 0 Å². The number of hydrogen-bond donors (Lipinski definition) is 1. The van der Waals surface area contributed by atoms with Crippen molar-refractivity contribution in [2.24, 2.45) is 5.92 Å². The van der Waals surface area contributed by atoms with E-state index in [1.165, 1.54) is 21.6 Å². The van der Waals surface area contributed by atoms with Crippen molar-refractivity contribution in [1.29, 1.82) is 0 Å². The lowest BCUT2D eigenvalue weighted by molar-refractivity contribution is -0.141. The molecule has 21 heavy (non-hydrogen) atoms. The Balaban J connectivity index is 2.14. The van der Waals surface area contributed by atoms with E-state index in [9.17, 15) is 14.7 Å². The van der Waals surface area contributed by atoms with Crippen LogP contribution in [0.15, 0.2) is 22.8 Å². The average molecular weight is 312 g/mol. The van der Waals surface area contributed by atoms with Crippen LogP contribution >= 0.6 is 11.8 Å². The standard InChI is InChI=1S/C14H20N2O4S/c1-9(2)12-16(11(8-21-12)13(17)18)14(19)15(3)7-10-5-4-6-20-10/h4-6,9,11-12H,7-8H2,1-3H3,(H,17,18). The van der Waals surface area contributed by atoms with E-state index in [-0.39, 0.29) is 17.3 Å². The molecule has 6 nitrogen and oxygen atoms in total. The van der Waals surface area contributed by atoms with E-state index in [2.05, 4.69) is 0 Å². The molecule has 1 N–H and O–H groups in total. The number of thioether (sulfide) groups is 1. The molecule has 0 saturated carbocycles. The van der Waals surface area contributed by atoms with Crippen LogP contribution < -0.4 is 0 Å². The number of carbonyl (C=O) groups excluding carboxylic acids is 1. The van der Waals surface area contributed by atoms with E-state index in [4.69, 9.17) is 4.42 Å². The maximum atomic E-state index is 12.6. The van der Waals surface area contributed by atoms with Crippen molar-refractivity contribution in [2.75, 3.05) is 12.8 Å². The Morgan fingerprint density at radius 1 is 1.57 bits per heavy atom. The molecule has 0 bridgehead atoms. The second-order valence-corrected chi connectivity index (χ2v) is 6.60. The SMILES string of the molecule is CC(C)C1SCC(C(=O)O)N1C(=O)N(C)Cc1ccco1. The zero-order chi connectivity index (χ0) is 15.6. The Kier molecular flexibility index (Phi) is 4.82. The number of carbonyl (C=O) groups is 2. The molecule has 0 aliphatic carbocycles. The van der Waals surface area contributed by atoms with Gasteiger partial charge in [0, 0.05) is 12.8 Å². The summed E-state index contributed by atoms with van der Waals surface area (Å²) in [6.45, 7) is 4.31. The molecule has 2 unspecified atom stereocenters. The van der Waals surface area contributed by atoms with Crippen LogP contribution in [-0.2, 0) is 11.3 Å². The number of nitrogens with zero attached hydrogens (tertiary/aromatic N) is 2.